The lowest BCUT2D eigenvalue weighted by molar-refractivity contribution is 0.283. The first-order valence-corrected chi connectivity index (χ1v) is 7.56. The van der Waals surface area contributed by atoms with Crippen LogP contribution in [0.25, 0.3) is 11.0 Å². The first-order chi connectivity index (χ1) is 9.22. The standard InChI is InChI=1S/C16H22ClN3/c1-15(2,16(3,4)18)14-19-12-9-10(17)5-8-13(12)20(14)11-6-7-11/h5,8-9,11H,6-7,18H2,1-4H3. The number of hydrogen-bond acceptors (Lipinski definition) is 2. The van der Waals surface area contributed by atoms with Crippen molar-refractivity contribution in [2.24, 2.45) is 5.73 Å². The first-order valence-electron chi connectivity index (χ1n) is 7.18. The summed E-state index contributed by atoms with van der Waals surface area (Å²) in [4.78, 5) is 4.87. The minimum atomic E-state index is -0.342. The van der Waals surface area contributed by atoms with Gasteiger partial charge in [0.2, 0.25) is 0 Å². The Labute approximate surface area is 125 Å². The van der Waals surface area contributed by atoms with Crippen LogP contribution in [0.3, 0.4) is 0 Å². The van der Waals surface area contributed by atoms with Gasteiger partial charge in [0.1, 0.15) is 5.82 Å². The van der Waals surface area contributed by atoms with Gasteiger partial charge in [-0.15, -0.1) is 0 Å². The van der Waals surface area contributed by atoms with Crippen molar-refractivity contribution < 1.29 is 0 Å². The molecule has 3 nitrogen and oxygen atoms in total. The molecule has 0 unspecified atom stereocenters. The molecule has 1 saturated carbocycles. The van der Waals surface area contributed by atoms with Gasteiger partial charge >= 0.3 is 0 Å². The van der Waals surface area contributed by atoms with E-state index in [0.717, 1.165) is 16.4 Å². The highest BCUT2D eigenvalue weighted by molar-refractivity contribution is 6.31. The molecule has 108 valence electrons. The molecule has 0 saturated heterocycles. The monoisotopic (exact) mass is 291 g/mol. The average molecular weight is 292 g/mol. The molecule has 1 aliphatic rings. The van der Waals surface area contributed by atoms with Crippen molar-refractivity contribution in [3.63, 3.8) is 0 Å². The van der Waals surface area contributed by atoms with E-state index in [0.29, 0.717) is 6.04 Å². The van der Waals surface area contributed by atoms with E-state index in [9.17, 15) is 0 Å². The van der Waals surface area contributed by atoms with Gasteiger partial charge in [-0.2, -0.15) is 0 Å². The van der Waals surface area contributed by atoms with E-state index in [4.69, 9.17) is 22.3 Å². The zero-order valence-electron chi connectivity index (χ0n) is 12.6. The number of aromatic nitrogens is 2. The number of halogens is 1. The number of nitrogens with zero attached hydrogens (tertiary/aromatic N) is 2. The number of nitrogens with two attached hydrogens (primary N) is 1. The van der Waals surface area contributed by atoms with Crippen LogP contribution in [-0.2, 0) is 5.41 Å². The molecular formula is C16H22ClN3. The molecule has 20 heavy (non-hydrogen) atoms. The maximum Gasteiger partial charge on any atom is 0.117 e. The van der Waals surface area contributed by atoms with Gasteiger partial charge in [-0.05, 0) is 44.9 Å². The second-order valence-electron chi connectivity index (χ2n) is 7.02. The van der Waals surface area contributed by atoms with Crippen LogP contribution in [0.2, 0.25) is 5.02 Å². The minimum absolute atomic E-state index is 0.207. The molecule has 0 aliphatic heterocycles. The van der Waals surface area contributed by atoms with Crippen LogP contribution in [0.15, 0.2) is 18.2 Å². The number of rotatable bonds is 3. The summed E-state index contributed by atoms with van der Waals surface area (Å²) in [6.07, 6.45) is 2.45. The topological polar surface area (TPSA) is 43.8 Å². The molecular weight excluding hydrogens is 270 g/mol. The first kappa shape index (κ1) is 13.9. The van der Waals surface area contributed by atoms with E-state index < -0.39 is 0 Å². The summed E-state index contributed by atoms with van der Waals surface area (Å²) in [6, 6.07) is 6.53. The lowest BCUT2D eigenvalue weighted by atomic mass is 9.74. The summed E-state index contributed by atoms with van der Waals surface area (Å²) in [7, 11) is 0. The molecule has 0 radical (unpaired) electrons. The molecule has 1 aliphatic carbocycles. The molecule has 1 heterocycles. The van der Waals surface area contributed by atoms with Gasteiger partial charge in [-0.1, -0.05) is 25.4 Å². The van der Waals surface area contributed by atoms with Crippen LogP contribution < -0.4 is 5.73 Å². The van der Waals surface area contributed by atoms with E-state index in [1.165, 1.54) is 18.4 Å². The summed E-state index contributed by atoms with van der Waals surface area (Å²) >= 11 is 6.11. The fraction of sp³-hybridized carbons (Fsp3) is 0.562. The summed E-state index contributed by atoms with van der Waals surface area (Å²) in [5.41, 5.74) is 8.00. The SMILES string of the molecule is CC(C)(N)C(C)(C)c1nc2cc(Cl)ccc2n1C1CC1. The average Bonchev–Trinajstić information content (AvgIpc) is 3.08. The van der Waals surface area contributed by atoms with Crippen molar-refractivity contribution in [2.45, 2.75) is 57.5 Å². The second kappa shape index (κ2) is 4.22. The summed E-state index contributed by atoms with van der Waals surface area (Å²) in [5, 5.41) is 0.731. The largest absolute Gasteiger partial charge is 0.325 e. The Morgan fingerprint density at radius 2 is 1.90 bits per heavy atom. The summed E-state index contributed by atoms with van der Waals surface area (Å²) in [6.45, 7) is 8.48. The third kappa shape index (κ3) is 2.04. The van der Waals surface area contributed by atoms with Crippen LogP contribution in [-0.4, -0.2) is 15.1 Å². The normalized spacial score (nSPS) is 16.9. The highest BCUT2D eigenvalue weighted by Crippen LogP contribution is 2.43. The van der Waals surface area contributed by atoms with Crippen molar-refractivity contribution in [2.75, 3.05) is 0 Å². The quantitative estimate of drug-likeness (QED) is 0.927. The van der Waals surface area contributed by atoms with Gasteiger partial charge in [-0.3, -0.25) is 0 Å². The fourth-order valence-electron chi connectivity index (χ4n) is 2.50. The van der Waals surface area contributed by atoms with Gasteiger partial charge < -0.3 is 10.3 Å². The maximum absolute atomic E-state index is 6.41. The fourth-order valence-corrected chi connectivity index (χ4v) is 2.67. The molecule has 2 N–H and O–H groups in total. The summed E-state index contributed by atoms with van der Waals surface area (Å²) in [5.74, 6) is 1.07. The molecule has 1 aromatic heterocycles. The molecule has 3 rings (SSSR count). The van der Waals surface area contributed by atoms with E-state index in [2.05, 4.69) is 38.3 Å². The lowest BCUT2D eigenvalue weighted by Crippen LogP contribution is -2.51. The third-order valence-corrected chi connectivity index (χ3v) is 4.97. The van der Waals surface area contributed by atoms with Crippen LogP contribution >= 0.6 is 11.6 Å². The Hall–Kier alpha value is -1.06. The Bertz CT molecular complexity index is 660. The zero-order valence-corrected chi connectivity index (χ0v) is 13.3. The molecule has 0 spiro atoms. The minimum Gasteiger partial charge on any atom is -0.325 e. The van der Waals surface area contributed by atoms with Crippen LogP contribution in [0.4, 0.5) is 0 Å². The molecule has 2 aromatic rings. The number of imidazole rings is 1. The van der Waals surface area contributed by atoms with Crippen LogP contribution in [0, 0.1) is 0 Å². The second-order valence-corrected chi connectivity index (χ2v) is 7.45. The van der Waals surface area contributed by atoms with Crippen molar-refractivity contribution in [3.05, 3.63) is 29.0 Å². The predicted octanol–water partition coefficient (Wildman–Crippen LogP) is 4.04. The molecule has 0 bridgehead atoms. The number of hydrogen-bond donors (Lipinski definition) is 1. The molecule has 1 fully saturated rings. The highest BCUT2D eigenvalue weighted by Gasteiger charge is 2.42. The van der Waals surface area contributed by atoms with E-state index in [-0.39, 0.29) is 11.0 Å². The van der Waals surface area contributed by atoms with Crippen LogP contribution in [0.1, 0.15) is 52.4 Å². The van der Waals surface area contributed by atoms with Gasteiger partial charge in [0.25, 0.3) is 0 Å². The summed E-state index contributed by atoms with van der Waals surface area (Å²) < 4.78 is 2.38. The third-order valence-electron chi connectivity index (χ3n) is 4.73. The smallest absolute Gasteiger partial charge is 0.117 e. The molecule has 0 amide bonds. The highest BCUT2D eigenvalue weighted by atomic mass is 35.5. The Balaban J connectivity index is 2.27. The Morgan fingerprint density at radius 3 is 2.45 bits per heavy atom. The Kier molecular flexibility index (Phi) is 2.93. The van der Waals surface area contributed by atoms with Crippen molar-refractivity contribution >= 4 is 22.6 Å². The maximum atomic E-state index is 6.41. The Morgan fingerprint density at radius 1 is 1.25 bits per heavy atom. The molecule has 4 heteroatoms. The van der Waals surface area contributed by atoms with Crippen molar-refractivity contribution in [3.8, 4) is 0 Å². The zero-order chi connectivity index (χ0) is 14.7. The van der Waals surface area contributed by atoms with Crippen molar-refractivity contribution in [1.29, 1.82) is 0 Å². The van der Waals surface area contributed by atoms with E-state index >= 15 is 0 Å². The van der Waals surface area contributed by atoms with Gasteiger partial charge in [0.05, 0.1) is 11.0 Å². The van der Waals surface area contributed by atoms with E-state index in [1.54, 1.807) is 0 Å². The van der Waals surface area contributed by atoms with Gasteiger partial charge in [0.15, 0.2) is 0 Å². The number of fused-ring (bicyclic) bond motifs is 1. The van der Waals surface area contributed by atoms with Crippen LogP contribution in [0.5, 0.6) is 0 Å². The predicted molar refractivity (Wildman–Crippen MR) is 84.3 cm³/mol. The number of benzene rings is 1. The van der Waals surface area contributed by atoms with Crippen molar-refractivity contribution in [1.82, 2.24) is 9.55 Å². The van der Waals surface area contributed by atoms with Gasteiger partial charge in [-0.25, -0.2) is 4.98 Å². The van der Waals surface area contributed by atoms with Gasteiger partial charge in [0, 0.05) is 22.0 Å². The van der Waals surface area contributed by atoms with E-state index in [1.807, 2.05) is 12.1 Å². The lowest BCUT2D eigenvalue weighted by Gasteiger charge is -2.38. The molecule has 1 aromatic carbocycles. The molecule has 0 atom stereocenters.